The van der Waals surface area contributed by atoms with Crippen LogP contribution >= 0.6 is 0 Å². The van der Waals surface area contributed by atoms with E-state index in [0.29, 0.717) is 0 Å². The second kappa shape index (κ2) is 15.5. The molecule has 0 fully saturated rings. The summed E-state index contributed by atoms with van der Waals surface area (Å²) in [5, 5.41) is 9.99. The quantitative estimate of drug-likeness (QED) is 0.259. The van der Waals surface area contributed by atoms with Crippen molar-refractivity contribution < 1.29 is 51.6 Å². The van der Waals surface area contributed by atoms with Gasteiger partial charge in [0.25, 0.3) is 0 Å². The molecule has 0 aromatic heterocycles. The molecule has 4 heteroatoms. The van der Waals surface area contributed by atoms with Crippen molar-refractivity contribution in [2.75, 3.05) is 0 Å². The number of rotatable bonds is 4. The van der Waals surface area contributed by atoms with Gasteiger partial charge in [0, 0.05) is 5.92 Å². The van der Waals surface area contributed by atoms with Crippen molar-refractivity contribution >= 4 is 11.6 Å². The van der Waals surface area contributed by atoms with E-state index in [2.05, 4.69) is 78.9 Å². The summed E-state index contributed by atoms with van der Waals surface area (Å²) >= 11 is 0. The molecule has 0 amide bonds. The van der Waals surface area contributed by atoms with Gasteiger partial charge in [-0.15, -0.1) is 0 Å². The minimum absolute atomic E-state index is 0. The molecule has 0 spiro atoms. The first kappa shape index (κ1) is 31.3. The van der Waals surface area contributed by atoms with E-state index in [0.717, 1.165) is 11.1 Å². The molecule has 38 heavy (non-hydrogen) atoms. The molecule has 0 heterocycles. The van der Waals surface area contributed by atoms with E-state index in [9.17, 15) is 5.11 Å². The molecule has 1 unspecified atom stereocenters. The summed E-state index contributed by atoms with van der Waals surface area (Å²) in [5.41, 5.74) is 8.43. The van der Waals surface area contributed by atoms with Crippen LogP contribution in [-0.2, 0) is 21.7 Å². The zero-order valence-corrected chi connectivity index (χ0v) is 23.8. The first-order valence-corrected chi connectivity index (χ1v) is 11.9. The number of hydrogen-bond donors (Lipinski definition) is 1. The van der Waals surface area contributed by atoms with Crippen LogP contribution in [0.3, 0.4) is 0 Å². The molecule has 5 aromatic rings. The fourth-order valence-corrected chi connectivity index (χ4v) is 4.59. The van der Waals surface area contributed by atoms with Crippen molar-refractivity contribution in [3.8, 4) is 0 Å². The molecule has 6 rings (SSSR count). The van der Waals surface area contributed by atoms with Crippen LogP contribution in [0.25, 0.3) is 11.6 Å². The van der Waals surface area contributed by atoms with E-state index in [1.54, 1.807) is 0 Å². The Hall–Kier alpha value is -2.91. The van der Waals surface area contributed by atoms with Gasteiger partial charge in [-0.25, -0.2) is 0 Å². The van der Waals surface area contributed by atoms with Crippen molar-refractivity contribution in [1.29, 1.82) is 0 Å². The number of halogens is 2. The Morgan fingerprint density at radius 3 is 1.63 bits per heavy atom. The van der Waals surface area contributed by atoms with Crippen molar-refractivity contribution in [3.05, 3.63) is 179 Å². The van der Waals surface area contributed by atoms with Gasteiger partial charge in [0.2, 0.25) is 0 Å². The second-order valence-corrected chi connectivity index (χ2v) is 8.57. The molecular weight excluding hydrogens is 543 g/mol. The third kappa shape index (κ3) is 7.35. The van der Waals surface area contributed by atoms with Crippen LogP contribution in [0, 0.1) is 6.07 Å². The molecular formula is C34H27Cl2OTi. The Balaban J connectivity index is 0.000000265. The summed E-state index contributed by atoms with van der Waals surface area (Å²) in [4.78, 5) is 0. The number of hydrogen-bond acceptors (Lipinski definition) is 1. The Morgan fingerprint density at radius 2 is 1.08 bits per heavy atom. The van der Waals surface area contributed by atoms with Crippen LogP contribution in [0.5, 0.6) is 0 Å². The fraction of sp³-hybridized carbons (Fsp3) is 0.0588. The molecule has 187 valence electrons. The van der Waals surface area contributed by atoms with E-state index in [-0.39, 0.29) is 52.4 Å². The Kier molecular flexibility index (Phi) is 12.8. The van der Waals surface area contributed by atoms with Crippen LogP contribution in [0.2, 0.25) is 0 Å². The van der Waals surface area contributed by atoms with Crippen LogP contribution < -0.4 is 24.8 Å². The zero-order chi connectivity index (χ0) is 23.9. The van der Waals surface area contributed by atoms with E-state index in [1.807, 2.05) is 72.8 Å². The van der Waals surface area contributed by atoms with Gasteiger partial charge in [-0.2, -0.15) is 35.9 Å². The first-order chi connectivity index (χ1) is 17.3. The van der Waals surface area contributed by atoms with Gasteiger partial charge in [-0.1, -0.05) is 115 Å². The standard InChI is InChI=1S/C21H15.C13H12O.2ClH.Ti/c1-3-9-16(10-4-1)20-15-18-13-7-8-14-19(18)21(20)17-11-5-2-6-12-17;14-13(11-7-3-1-4-8-11)12-9-5-2-6-10-12;;;/h1-11,13-15,21H;1-10,13-14H;2*1H;/q-1;;;;+3/p-2. The molecule has 1 radical (unpaired) electrons. The van der Waals surface area contributed by atoms with Gasteiger partial charge in [-0.05, 0) is 39.5 Å². The molecule has 0 saturated heterocycles. The summed E-state index contributed by atoms with van der Waals surface area (Å²) < 4.78 is 0. The molecule has 1 aliphatic rings. The number of allylic oxidation sites excluding steroid dienone is 1. The van der Waals surface area contributed by atoms with E-state index in [1.165, 1.54) is 27.8 Å². The molecule has 1 nitrogen and oxygen atoms in total. The van der Waals surface area contributed by atoms with Gasteiger partial charge in [-0.3, -0.25) is 0 Å². The average molecular weight is 570 g/mol. The minimum Gasteiger partial charge on any atom is -1.00 e. The summed E-state index contributed by atoms with van der Waals surface area (Å²) in [6.07, 6.45) is 1.80. The number of benzene rings is 5. The second-order valence-electron chi connectivity index (χ2n) is 8.57. The summed E-state index contributed by atoms with van der Waals surface area (Å²) in [7, 11) is 0. The maximum atomic E-state index is 9.99. The van der Waals surface area contributed by atoms with Gasteiger partial charge < -0.3 is 29.9 Å². The molecule has 5 aromatic carbocycles. The van der Waals surface area contributed by atoms with Crippen LogP contribution in [0.4, 0.5) is 0 Å². The van der Waals surface area contributed by atoms with Gasteiger partial charge in [0.15, 0.2) is 0 Å². The van der Waals surface area contributed by atoms with Crippen LogP contribution in [0.1, 0.15) is 45.4 Å². The normalized spacial score (nSPS) is 12.9. The third-order valence-electron chi connectivity index (χ3n) is 6.31. The van der Waals surface area contributed by atoms with Crippen molar-refractivity contribution in [1.82, 2.24) is 0 Å². The predicted octanol–water partition coefficient (Wildman–Crippen LogP) is 1.95. The molecule has 1 aliphatic carbocycles. The van der Waals surface area contributed by atoms with Gasteiger partial charge in [0.05, 0.1) is 0 Å². The Labute approximate surface area is 253 Å². The third-order valence-corrected chi connectivity index (χ3v) is 6.31. The molecule has 1 atom stereocenters. The van der Waals surface area contributed by atoms with E-state index in [4.69, 9.17) is 0 Å². The average Bonchev–Trinajstić information content (AvgIpc) is 3.35. The maximum absolute atomic E-state index is 9.99. The number of aliphatic hydroxyl groups excluding tert-OH is 1. The fourth-order valence-electron chi connectivity index (χ4n) is 4.59. The summed E-state index contributed by atoms with van der Waals surface area (Å²) in [6.45, 7) is 0. The number of aliphatic hydroxyl groups is 1. The van der Waals surface area contributed by atoms with Crippen LogP contribution in [0.15, 0.2) is 140 Å². The van der Waals surface area contributed by atoms with Crippen molar-refractivity contribution in [2.45, 2.75) is 12.0 Å². The monoisotopic (exact) mass is 569 g/mol. The number of fused-ring (bicyclic) bond motifs is 1. The first-order valence-electron chi connectivity index (χ1n) is 11.9. The topological polar surface area (TPSA) is 20.2 Å². The molecule has 1 N–H and O–H groups in total. The van der Waals surface area contributed by atoms with Crippen molar-refractivity contribution in [2.24, 2.45) is 0 Å². The minimum atomic E-state index is -0.516. The summed E-state index contributed by atoms with van der Waals surface area (Å²) in [6, 6.07) is 50.3. The molecule has 0 aliphatic heterocycles. The van der Waals surface area contributed by atoms with E-state index >= 15 is 0 Å². The zero-order valence-electron chi connectivity index (χ0n) is 20.7. The maximum Gasteiger partial charge on any atom is 3.00 e. The van der Waals surface area contributed by atoms with Crippen LogP contribution in [-0.4, -0.2) is 5.11 Å². The Bertz CT molecular complexity index is 1350. The van der Waals surface area contributed by atoms with Gasteiger partial charge in [0.1, 0.15) is 6.10 Å². The predicted molar refractivity (Wildman–Crippen MR) is 145 cm³/mol. The van der Waals surface area contributed by atoms with Gasteiger partial charge >= 0.3 is 21.7 Å². The van der Waals surface area contributed by atoms with E-state index < -0.39 is 6.10 Å². The van der Waals surface area contributed by atoms with Crippen molar-refractivity contribution in [3.63, 3.8) is 0 Å². The molecule has 0 saturated carbocycles. The molecule has 0 bridgehead atoms. The Morgan fingerprint density at radius 1 is 0.579 bits per heavy atom. The SMILES string of the molecule is OC(c1ccccc1)c1ccccc1.[Cl-].[Cl-].[Ti+3].[c-]1ccccc1C1C(c2ccccc2)=Cc2ccccc21. The summed E-state index contributed by atoms with van der Waals surface area (Å²) in [5.74, 6) is 0.282. The smallest absolute Gasteiger partial charge is 1.00 e. The largest absolute Gasteiger partial charge is 3.00 e.